The van der Waals surface area contributed by atoms with Gasteiger partial charge in [-0.05, 0) is 45.0 Å². The van der Waals surface area contributed by atoms with E-state index >= 15 is 0 Å². The van der Waals surface area contributed by atoms with Crippen molar-refractivity contribution in [3.8, 4) is 11.3 Å². The van der Waals surface area contributed by atoms with Crippen LogP contribution in [0.2, 0.25) is 0 Å². The molecule has 7 heteroatoms. The van der Waals surface area contributed by atoms with E-state index in [9.17, 15) is 4.79 Å². The molecule has 0 fully saturated rings. The quantitative estimate of drug-likeness (QED) is 0.692. The first kappa shape index (κ1) is 18.0. The highest BCUT2D eigenvalue weighted by molar-refractivity contribution is 7.09. The number of benzene rings is 1. The Labute approximate surface area is 156 Å². The molecule has 26 heavy (non-hydrogen) atoms. The van der Waals surface area contributed by atoms with Crippen molar-refractivity contribution in [2.45, 2.75) is 26.8 Å². The number of anilines is 1. The number of nitrogens with one attached hydrogen (secondary N) is 2. The predicted molar refractivity (Wildman–Crippen MR) is 104 cm³/mol. The maximum atomic E-state index is 12.4. The van der Waals surface area contributed by atoms with Crippen LogP contribution in [0.1, 0.15) is 40.9 Å². The summed E-state index contributed by atoms with van der Waals surface area (Å²) in [5.41, 5.74) is 3.17. The van der Waals surface area contributed by atoms with Crippen molar-refractivity contribution in [1.82, 2.24) is 20.5 Å². The van der Waals surface area contributed by atoms with Gasteiger partial charge in [-0.3, -0.25) is 4.79 Å². The molecule has 0 aliphatic rings. The van der Waals surface area contributed by atoms with Crippen molar-refractivity contribution in [3.05, 3.63) is 58.0 Å². The summed E-state index contributed by atoms with van der Waals surface area (Å²) in [6.45, 7) is 6.70. The molecule has 3 rings (SSSR count). The lowest BCUT2D eigenvalue weighted by Gasteiger charge is -2.12. The van der Waals surface area contributed by atoms with Gasteiger partial charge in [0.15, 0.2) is 0 Å². The molecule has 0 radical (unpaired) electrons. The molecule has 0 aliphatic carbocycles. The third-order valence-corrected chi connectivity index (χ3v) is 4.69. The van der Waals surface area contributed by atoms with E-state index in [0.717, 1.165) is 34.3 Å². The number of amides is 1. The van der Waals surface area contributed by atoms with Gasteiger partial charge in [0, 0.05) is 23.1 Å². The van der Waals surface area contributed by atoms with Crippen LogP contribution in [0.5, 0.6) is 0 Å². The minimum Gasteiger partial charge on any atom is -0.369 e. The van der Waals surface area contributed by atoms with Gasteiger partial charge in [-0.15, -0.1) is 21.5 Å². The Morgan fingerprint density at radius 2 is 1.92 bits per heavy atom. The normalized spacial score (nSPS) is 11.8. The topological polar surface area (TPSA) is 79.8 Å². The molecular weight excluding hydrogens is 346 g/mol. The third-order valence-electron chi connectivity index (χ3n) is 3.89. The van der Waals surface area contributed by atoms with E-state index in [1.807, 2.05) is 50.4 Å². The van der Waals surface area contributed by atoms with E-state index in [4.69, 9.17) is 0 Å². The third kappa shape index (κ3) is 4.23. The van der Waals surface area contributed by atoms with Crippen molar-refractivity contribution in [2.24, 2.45) is 0 Å². The number of carbonyl (C=O) groups excluding carboxylic acids is 1. The van der Waals surface area contributed by atoms with Crippen LogP contribution in [0.3, 0.4) is 0 Å². The van der Waals surface area contributed by atoms with Crippen LogP contribution >= 0.6 is 11.3 Å². The summed E-state index contributed by atoms with van der Waals surface area (Å²) in [7, 11) is 0. The highest BCUT2D eigenvalue weighted by Gasteiger charge is 2.14. The number of hydrogen-bond donors (Lipinski definition) is 2. The van der Waals surface area contributed by atoms with Crippen LogP contribution in [0.25, 0.3) is 11.3 Å². The largest absolute Gasteiger partial charge is 0.369 e. The predicted octanol–water partition coefficient (Wildman–Crippen LogP) is 3.83. The van der Waals surface area contributed by atoms with E-state index in [1.54, 1.807) is 23.5 Å². The Morgan fingerprint density at radius 1 is 1.15 bits per heavy atom. The number of rotatable bonds is 6. The summed E-state index contributed by atoms with van der Waals surface area (Å²) < 4.78 is 0. The average Bonchev–Trinajstić information content (AvgIpc) is 3.09. The summed E-state index contributed by atoms with van der Waals surface area (Å²) >= 11 is 1.58. The van der Waals surface area contributed by atoms with Crippen molar-refractivity contribution < 1.29 is 4.79 Å². The van der Waals surface area contributed by atoms with Gasteiger partial charge in [-0.25, -0.2) is 4.98 Å². The Kier molecular flexibility index (Phi) is 5.58. The summed E-state index contributed by atoms with van der Waals surface area (Å²) in [5.74, 6) is 0.627. The Hall–Kier alpha value is -2.80. The molecule has 6 nitrogen and oxygen atoms in total. The molecule has 2 aromatic heterocycles. The van der Waals surface area contributed by atoms with Gasteiger partial charge in [-0.1, -0.05) is 12.1 Å². The zero-order chi connectivity index (χ0) is 18.5. The van der Waals surface area contributed by atoms with Crippen LogP contribution in [0.15, 0.2) is 41.8 Å². The van der Waals surface area contributed by atoms with Crippen LogP contribution in [0.4, 0.5) is 5.82 Å². The maximum absolute atomic E-state index is 12.4. The fourth-order valence-corrected chi connectivity index (χ4v) is 3.19. The highest BCUT2D eigenvalue weighted by Crippen LogP contribution is 2.19. The lowest BCUT2D eigenvalue weighted by atomic mass is 10.1. The monoisotopic (exact) mass is 367 g/mol. The summed E-state index contributed by atoms with van der Waals surface area (Å²) in [6, 6.07) is 11.0. The standard InChI is InChI=1S/C19H21N5OS/c1-4-20-18-10-9-16(23-24-18)14-5-7-15(8-6-14)19(25)21-12(2)17-11-26-13(3)22-17/h5-12H,4H2,1-3H3,(H,20,24)(H,21,25)/t12-/m0/s1. The number of thiazole rings is 1. The molecule has 0 bridgehead atoms. The summed E-state index contributed by atoms with van der Waals surface area (Å²) in [5, 5.41) is 17.4. The Morgan fingerprint density at radius 3 is 2.50 bits per heavy atom. The van der Waals surface area contributed by atoms with Gasteiger partial charge in [0.05, 0.1) is 22.4 Å². The number of aryl methyl sites for hydroxylation is 1. The highest BCUT2D eigenvalue weighted by atomic mass is 32.1. The van der Waals surface area contributed by atoms with E-state index in [1.165, 1.54) is 0 Å². The van der Waals surface area contributed by atoms with Crippen molar-refractivity contribution in [1.29, 1.82) is 0 Å². The average molecular weight is 367 g/mol. The van der Waals surface area contributed by atoms with Gasteiger partial charge in [0.25, 0.3) is 5.91 Å². The zero-order valence-corrected chi connectivity index (χ0v) is 15.8. The molecule has 0 aliphatic heterocycles. The number of aromatic nitrogens is 3. The fourth-order valence-electron chi connectivity index (χ4n) is 2.49. The van der Waals surface area contributed by atoms with Gasteiger partial charge in [0.2, 0.25) is 0 Å². The minimum atomic E-state index is -0.128. The van der Waals surface area contributed by atoms with Gasteiger partial charge >= 0.3 is 0 Å². The van der Waals surface area contributed by atoms with Gasteiger partial charge in [0.1, 0.15) is 5.82 Å². The van der Waals surface area contributed by atoms with Crippen LogP contribution in [-0.2, 0) is 0 Å². The van der Waals surface area contributed by atoms with E-state index in [2.05, 4.69) is 25.8 Å². The van der Waals surface area contributed by atoms with Crippen molar-refractivity contribution >= 4 is 23.1 Å². The molecule has 1 atom stereocenters. The molecular formula is C19H21N5OS. The van der Waals surface area contributed by atoms with Crippen molar-refractivity contribution in [2.75, 3.05) is 11.9 Å². The maximum Gasteiger partial charge on any atom is 0.251 e. The van der Waals surface area contributed by atoms with E-state index in [-0.39, 0.29) is 11.9 Å². The fraction of sp³-hybridized carbons (Fsp3) is 0.263. The molecule has 2 N–H and O–H groups in total. The molecule has 0 saturated carbocycles. The first-order valence-corrected chi connectivity index (χ1v) is 9.35. The van der Waals surface area contributed by atoms with Crippen LogP contribution < -0.4 is 10.6 Å². The molecule has 1 amide bonds. The molecule has 0 unspecified atom stereocenters. The van der Waals surface area contributed by atoms with Gasteiger partial charge < -0.3 is 10.6 Å². The van der Waals surface area contributed by atoms with E-state index in [0.29, 0.717) is 5.56 Å². The Bertz CT molecular complexity index is 874. The molecule has 3 aromatic rings. The first-order chi connectivity index (χ1) is 12.6. The van der Waals surface area contributed by atoms with Gasteiger partial charge in [-0.2, -0.15) is 0 Å². The molecule has 1 aromatic carbocycles. The summed E-state index contributed by atoms with van der Waals surface area (Å²) in [4.78, 5) is 16.8. The Balaban J connectivity index is 1.67. The zero-order valence-electron chi connectivity index (χ0n) is 15.0. The number of carbonyl (C=O) groups is 1. The summed E-state index contributed by atoms with van der Waals surface area (Å²) in [6.07, 6.45) is 0. The minimum absolute atomic E-state index is 0.122. The lowest BCUT2D eigenvalue weighted by molar-refractivity contribution is 0.0939. The second-order valence-electron chi connectivity index (χ2n) is 5.90. The van der Waals surface area contributed by atoms with Crippen molar-refractivity contribution in [3.63, 3.8) is 0 Å². The molecule has 2 heterocycles. The molecule has 134 valence electrons. The molecule has 0 saturated heterocycles. The van der Waals surface area contributed by atoms with Crippen LogP contribution in [0, 0.1) is 6.92 Å². The number of hydrogen-bond acceptors (Lipinski definition) is 6. The lowest BCUT2D eigenvalue weighted by Crippen LogP contribution is -2.26. The van der Waals surface area contributed by atoms with Crippen LogP contribution in [-0.4, -0.2) is 27.6 Å². The SMILES string of the molecule is CCNc1ccc(-c2ccc(C(=O)N[C@@H](C)c3csc(C)n3)cc2)nn1. The number of nitrogens with zero attached hydrogens (tertiary/aromatic N) is 3. The second kappa shape index (κ2) is 8.05. The van der Waals surface area contributed by atoms with E-state index < -0.39 is 0 Å². The smallest absolute Gasteiger partial charge is 0.251 e. The first-order valence-electron chi connectivity index (χ1n) is 8.47. The second-order valence-corrected chi connectivity index (χ2v) is 6.96. The molecule has 0 spiro atoms.